The summed E-state index contributed by atoms with van der Waals surface area (Å²) in [5.41, 5.74) is 1.00. The van der Waals surface area contributed by atoms with E-state index >= 15 is 0 Å². The first-order valence-corrected chi connectivity index (χ1v) is 12.2. The number of carbonyl (C=O) groups excluding carboxylic acids is 2. The number of carbonyl (C=O) groups is 2. The summed E-state index contributed by atoms with van der Waals surface area (Å²) in [7, 11) is 0. The molecular formula is C28H33F2N3O2. The van der Waals surface area contributed by atoms with Crippen LogP contribution in [0.3, 0.4) is 0 Å². The Labute approximate surface area is 205 Å². The van der Waals surface area contributed by atoms with E-state index in [2.05, 4.69) is 10.2 Å². The van der Waals surface area contributed by atoms with Crippen LogP contribution in [0.4, 0.5) is 8.78 Å². The highest BCUT2D eigenvalue weighted by Crippen LogP contribution is 2.37. The van der Waals surface area contributed by atoms with Crippen molar-refractivity contribution in [2.75, 3.05) is 26.2 Å². The van der Waals surface area contributed by atoms with Crippen LogP contribution >= 0.6 is 0 Å². The van der Waals surface area contributed by atoms with Crippen molar-refractivity contribution in [1.82, 2.24) is 15.1 Å². The van der Waals surface area contributed by atoms with Gasteiger partial charge in [-0.3, -0.25) is 14.5 Å². The highest BCUT2D eigenvalue weighted by atomic mass is 19.1. The van der Waals surface area contributed by atoms with E-state index < -0.39 is 29.1 Å². The molecule has 0 saturated carbocycles. The largest absolute Gasteiger partial charge is 0.343 e. The molecule has 4 rings (SSSR count). The lowest BCUT2D eigenvalue weighted by Gasteiger charge is -2.36. The van der Waals surface area contributed by atoms with Crippen molar-refractivity contribution < 1.29 is 18.4 Å². The summed E-state index contributed by atoms with van der Waals surface area (Å²) < 4.78 is 28.6. The minimum atomic E-state index is -0.770. The van der Waals surface area contributed by atoms with Gasteiger partial charge in [-0.25, -0.2) is 8.78 Å². The summed E-state index contributed by atoms with van der Waals surface area (Å²) in [6.07, 6.45) is 3.97. The molecule has 0 bridgehead atoms. The van der Waals surface area contributed by atoms with Crippen molar-refractivity contribution in [3.05, 3.63) is 77.4 Å². The van der Waals surface area contributed by atoms with Crippen LogP contribution in [0.25, 0.3) is 5.57 Å². The van der Waals surface area contributed by atoms with Gasteiger partial charge in [0.2, 0.25) is 11.8 Å². The first kappa shape index (κ1) is 25.0. The SMILES string of the molecule is CC(C)(C)[C@H](NC(=O)CN1CCCC1)C(=O)N1CC(c2cc(F)ccc2F)=C[C@H]1c1ccccc1. The van der Waals surface area contributed by atoms with Gasteiger partial charge in [-0.2, -0.15) is 0 Å². The van der Waals surface area contributed by atoms with Crippen LogP contribution in [0, 0.1) is 17.0 Å². The molecule has 2 heterocycles. The third-order valence-corrected chi connectivity index (χ3v) is 6.72. The Bertz CT molecular complexity index is 1100. The molecule has 1 fully saturated rings. The van der Waals surface area contributed by atoms with E-state index in [4.69, 9.17) is 0 Å². The lowest BCUT2D eigenvalue weighted by molar-refractivity contribution is -0.140. The molecule has 1 saturated heterocycles. The molecule has 0 aliphatic carbocycles. The van der Waals surface area contributed by atoms with Crippen LogP contribution in [0.15, 0.2) is 54.6 Å². The Morgan fingerprint density at radius 3 is 2.40 bits per heavy atom. The smallest absolute Gasteiger partial charge is 0.246 e. The van der Waals surface area contributed by atoms with Gasteiger partial charge in [0.1, 0.15) is 17.7 Å². The normalized spacial score (nSPS) is 19.5. The van der Waals surface area contributed by atoms with Gasteiger partial charge >= 0.3 is 0 Å². The summed E-state index contributed by atoms with van der Waals surface area (Å²) in [6, 6.07) is 11.6. The fourth-order valence-electron chi connectivity index (χ4n) is 4.84. The number of benzene rings is 2. The maximum atomic E-state index is 14.6. The molecular weight excluding hydrogens is 448 g/mol. The van der Waals surface area contributed by atoms with Crippen LogP contribution in [0.1, 0.15) is 50.8 Å². The second-order valence-electron chi connectivity index (χ2n) is 10.5. The van der Waals surface area contributed by atoms with Crippen LogP contribution in [-0.4, -0.2) is 53.8 Å². The summed E-state index contributed by atoms with van der Waals surface area (Å²) in [6.45, 7) is 7.90. The van der Waals surface area contributed by atoms with Gasteiger partial charge < -0.3 is 10.2 Å². The maximum Gasteiger partial charge on any atom is 0.246 e. The molecule has 7 heteroatoms. The average Bonchev–Trinajstić information content (AvgIpc) is 3.49. The first-order chi connectivity index (χ1) is 16.6. The summed E-state index contributed by atoms with van der Waals surface area (Å²) >= 11 is 0. The third-order valence-electron chi connectivity index (χ3n) is 6.72. The maximum absolute atomic E-state index is 14.6. The molecule has 2 atom stereocenters. The lowest BCUT2D eigenvalue weighted by atomic mass is 9.85. The zero-order valence-corrected chi connectivity index (χ0v) is 20.6. The van der Waals surface area contributed by atoms with E-state index in [0.717, 1.165) is 49.7 Å². The van der Waals surface area contributed by atoms with E-state index in [-0.39, 0.29) is 30.5 Å². The highest BCUT2D eigenvalue weighted by Gasteiger charge is 2.40. The highest BCUT2D eigenvalue weighted by molar-refractivity contribution is 5.91. The van der Waals surface area contributed by atoms with Gasteiger partial charge in [-0.15, -0.1) is 0 Å². The molecule has 2 aromatic rings. The van der Waals surface area contributed by atoms with E-state index in [0.29, 0.717) is 5.57 Å². The molecule has 1 N–H and O–H groups in total. The Kier molecular flexibility index (Phi) is 7.36. The number of nitrogens with one attached hydrogen (secondary N) is 1. The standard InChI is InChI=1S/C28H33F2N3O2/c1-28(2,3)26(31-25(34)18-32-13-7-8-14-32)27(35)33-17-20(22-16-21(29)11-12-23(22)30)15-24(33)19-9-5-4-6-10-19/h4-6,9-12,15-16,24,26H,7-8,13-14,17-18H2,1-3H3,(H,31,34)/t24-,26+/m0/s1. The lowest BCUT2D eigenvalue weighted by Crippen LogP contribution is -2.56. The Morgan fingerprint density at radius 2 is 1.74 bits per heavy atom. The molecule has 5 nitrogen and oxygen atoms in total. The number of halogens is 2. The predicted molar refractivity (Wildman–Crippen MR) is 132 cm³/mol. The number of hydrogen-bond donors (Lipinski definition) is 1. The van der Waals surface area contributed by atoms with Crippen molar-refractivity contribution in [2.24, 2.45) is 5.41 Å². The van der Waals surface area contributed by atoms with E-state index in [1.807, 2.05) is 57.2 Å². The second-order valence-corrected chi connectivity index (χ2v) is 10.5. The molecule has 2 aliphatic rings. The van der Waals surface area contributed by atoms with Crippen LogP contribution in [0.2, 0.25) is 0 Å². The van der Waals surface area contributed by atoms with Crippen molar-refractivity contribution in [3.63, 3.8) is 0 Å². The van der Waals surface area contributed by atoms with Gasteiger partial charge in [0.15, 0.2) is 0 Å². The zero-order chi connectivity index (χ0) is 25.2. The monoisotopic (exact) mass is 481 g/mol. The number of amides is 2. The molecule has 2 aliphatic heterocycles. The Morgan fingerprint density at radius 1 is 1.06 bits per heavy atom. The fraction of sp³-hybridized carbons (Fsp3) is 0.429. The molecule has 2 amide bonds. The van der Waals surface area contributed by atoms with E-state index in [1.54, 1.807) is 4.90 Å². The van der Waals surface area contributed by atoms with Crippen molar-refractivity contribution in [1.29, 1.82) is 0 Å². The number of likely N-dealkylation sites (tertiary alicyclic amines) is 1. The van der Waals surface area contributed by atoms with Crippen LogP contribution in [0.5, 0.6) is 0 Å². The molecule has 35 heavy (non-hydrogen) atoms. The third kappa shape index (κ3) is 5.78. The first-order valence-electron chi connectivity index (χ1n) is 12.2. The Hall–Kier alpha value is -3.06. The van der Waals surface area contributed by atoms with Crippen LogP contribution < -0.4 is 5.32 Å². The molecule has 186 valence electrons. The predicted octanol–water partition coefficient (Wildman–Crippen LogP) is 4.56. The van der Waals surface area contributed by atoms with Gasteiger partial charge in [-0.05, 0) is 60.7 Å². The minimum absolute atomic E-state index is 0.118. The quantitative estimate of drug-likeness (QED) is 0.658. The molecule has 0 spiro atoms. The van der Waals surface area contributed by atoms with Crippen LogP contribution in [-0.2, 0) is 9.59 Å². The second kappa shape index (κ2) is 10.3. The van der Waals surface area contributed by atoms with Crippen molar-refractivity contribution in [2.45, 2.75) is 45.7 Å². The van der Waals surface area contributed by atoms with Crippen molar-refractivity contribution >= 4 is 17.4 Å². The average molecular weight is 482 g/mol. The molecule has 2 aromatic carbocycles. The summed E-state index contributed by atoms with van der Waals surface area (Å²) in [4.78, 5) is 30.6. The summed E-state index contributed by atoms with van der Waals surface area (Å²) in [5, 5.41) is 2.98. The van der Waals surface area contributed by atoms with Gasteiger partial charge in [0, 0.05) is 12.1 Å². The van der Waals surface area contributed by atoms with E-state index in [9.17, 15) is 18.4 Å². The number of hydrogen-bond acceptors (Lipinski definition) is 3. The Balaban J connectivity index is 1.63. The number of rotatable bonds is 6. The minimum Gasteiger partial charge on any atom is -0.343 e. The molecule has 0 aromatic heterocycles. The van der Waals surface area contributed by atoms with Gasteiger partial charge in [0.05, 0.1) is 12.6 Å². The fourth-order valence-corrected chi connectivity index (χ4v) is 4.84. The molecule has 0 radical (unpaired) electrons. The summed E-state index contributed by atoms with van der Waals surface area (Å²) in [5.74, 6) is -1.50. The van der Waals surface area contributed by atoms with Crippen molar-refractivity contribution in [3.8, 4) is 0 Å². The topological polar surface area (TPSA) is 52.7 Å². The number of nitrogens with zero attached hydrogens (tertiary/aromatic N) is 2. The van der Waals surface area contributed by atoms with Gasteiger partial charge in [0.25, 0.3) is 0 Å². The molecule has 0 unspecified atom stereocenters. The van der Waals surface area contributed by atoms with E-state index in [1.165, 1.54) is 0 Å². The van der Waals surface area contributed by atoms with Gasteiger partial charge in [-0.1, -0.05) is 57.2 Å². The zero-order valence-electron chi connectivity index (χ0n) is 20.6.